The fourth-order valence-corrected chi connectivity index (χ4v) is 2.64. The number of carboxylic acids is 1. The molecule has 0 aliphatic carbocycles. The second kappa shape index (κ2) is 7.74. The summed E-state index contributed by atoms with van der Waals surface area (Å²) in [7, 11) is 0. The van der Waals surface area contributed by atoms with Crippen LogP contribution in [0.25, 0.3) is 0 Å². The van der Waals surface area contributed by atoms with Crippen LogP contribution in [0.1, 0.15) is 11.1 Å². The van der Waals surface area contributed by atoms with E-state index in [2.05, 4.69) is 0 Å². The van der Waals surface area contributed by atoms with Crippen LogP contribution in [0, 0.1) is 6.92 Å². The first kappa shape index (κ1) is 15.4. The summed E-state index contributed by atoms with van der Waals surface area (Å²) >= 11 is 1.70. The fourth-order valence-electron chi connectivity index (χ4n) is 1.91. The van der Waals surface area contributed by atoms with Crippen LogP contribution >= 0.6 is 11.8 Å². The zero-order valence-corrected chi connectivity index (χ0v) is 12.7. The molecular weight excluding hydrogens is 284 g/mol. The summed E-state index contributed by atoms with van der Waals surface area (Å²) in [6.45, 7) is 2.68. The molecule has 3 nitrogen and oxygen atoms in total. The van der Waals surface area contributed by atoms with E-state index in [1.165, 1.54) is 0 Å². The lowest BCUT2D eigenvalue weighted by Crippen LogP contribution is -2.01. The Balaban J connectivity index is 1.76. The number of carbonyl (C=O) groups is 1. The largest absolute Gasteiger partial charge is 0.492 e. The van der Waals surface area contributed by atoms with Crippen LogP contribution in [-0.4, -0.2) is 23.4 Å². The molecule has 0 spiro atoms. The van der Waals surface area contributed by atoms with Crippen LogP contribution in [0.3, 0.4) is 0 Å². The summed E-state index contributed by atoms with van der Waals surface area (Å²) in [6, 6.07) is 15.6. The average Bonchev–Trinajstić information content (AvgIpc) is 2.46. The van der Waals surface area contributed by atoms with Gasteiger partial charge in [-0.2, -0.15) is 0 Å². The lowest BCUT2D eigenvalue weighted by atomic mass is 10.2. The lowest BCUT2D eigenvalue weighted by molar-refractivity contribution is -0.136. The number of rotatable bonds is 7. The molecule has 0 radical (unpaired) electrons. The summed E-state index contributed by atoms with van der Waals surface area (Å²) in [5.74, 6) is 0.976. The van der Waals surface area contributed by atoms with Gasteiger partial charge in [-0.05, 0) is 36.2 Å². The maximum Gasteiger partial charge on any atom is 0.307 e. The van der Waals surface area contributed by atoms with Crippen molar-refractivity contribution >= 4 is 17.7 Å². The summed E-state index contributed by atoms with van der Waals surface area (Å²) in [4.78, 5) is 11.7. The van der Waals surface area contributed by atoms with Gasteiger partial charge in [0.2, 0.25) is 0 Å². The first-order chi connectivity index (χ1) is 10.1. The van der Waals surface area contributed by atoms with E-state index in [4.69, 9.17) is 9.84 Å². The minimum absolute atomic E-state index is 0.0708. The number of aliphatic carboxylic acids is 1. The summed E-state index contributed by atoms with van der Waals surface area (Å²) < 4.78 is 5.74. The molecule has 0 amide bonds. The predicted molar refractivity (Wildman–Crippen MR) is 85.2 cm³/mol. The number of hydrogen-bond acceptors (Lipinski definition) is 3. The van der Waals surface area contributed by atoms with Gasteiger partial charge in [0.15, 0.2) is 0 Å². The zero-order chi connectivity index (χ0) is 15.1. The molecular formula is C17H18O3S. The van der Waals surface area contributed by atoms with E-state index in [0.717, 1.165) is 27.5 Å². The molecule has 4 heteroatoms. The summed E-state index contributed by atoms with van der Waals surface area (Å²) in [5, 5.41) is 8.72. The van der Waals surface area contributed by atoms with Crippen molar-refractivity contribution < 1.29 is 14.6 Å². The van der Waals surface area contributed by atoms with Crippen molar-refractivity contribution in [1.29, 1.82) is 0 Å². The van der Waals surface area contributed by atoms with Gasteiger partial charge < -0.3 is 9.84 Å². The highest BCUT2D eigenvalue weighted by atomic mass is 32.2. The third-order valence-corrected chi connectivity index (χ3v) is 3.96. The van der Waals surface area contributed by atoms with Gasteiger partial charge in [-0.3, -0.25) is 4.79 Å². The summed E-state index contributed by atoms with van der Waals surface area (Å²) in [5.41, 5.74) is 1.96. The highest BCUT2D eigenvalue weighted by molar-refractivity contribution is 7.99. The molecule has 0 aliphatic rings. The molecule has 2 rings (SSSR count). The van der Waals surface area contributed by atoms with Crippen molar-refractivity contribution in [3.63, 3.8) is 0 Å². The van der Waals surface area contributed by atoms with Gasteiger partial charge in [0.05, 0.1) is 13.0 Å². The Labute approximate surface area is 129 Å². The van der Waals surface area contributed by atoms with Crippen LogP contribution in [0.4, 0.5) is 0 Å². The fraction of sp³-hybridized carbons (Fsp3) is 0.235. The molecule has 2 aromatic rings. The van der Waals surface area contributed by atoms with Gasteiger partial charge >= 0.3 is 5.97 Å². The Morgan fingerprint density at radius 1 is 1.14 bits per heavy atom. The average molecular weight is 302 g/mol. The minimum Gasteiger partial charge on any atom is -0.492 e. The van der Waals surface area contributed by atoms with Crippen LogP contribution in [0.2, 0.25) is 0 Å². The lowest BCUT2D eigenvalue weighted by Gasteiger charge is -2.08. The topological polar surface area (TPSA) is 46.5 Å². The molecule has 1 N–H and O–H groups in total. The SMILES string of the molecule is Cc1ccccc1OCCSc1ccc(CC(=O)O)cc1. The van der Waals surface area contributed by atoms with Gasteiger partial charge in [-0.15, -0.1) is 11.8 Å². The Hall–Kier alpha value is -1.94. The number of carboxylic acid groups (broad SMARTS) is 1. The molecule has 0 aliphatic heterocycles. The van der Waals surface area contributed by atoms with E-state index in [9.17, 15) is 4.79 Å². The molecule has 0 bridgehead atoms. The van der Waals surface area contributed by atoms with Crippen LogP contribution in [-0.2, 0) is 11.2 Å². The van der Waals surface area contributed by atoms with Gasteiger partial charge in [-0.25, -0.2) is 0 Å². The van der Waals surface area contributed by atoms with Crippen LogP contribution in [0.15, 0.2) is 53.4 Å². The first-order valence-corrected chi connectivity index (χ1v) is 7.75. The zero-order valence-electron chi connectivity index (χ0n) is 11.9. The maximum absolute atomic E-state index is 10.6. The molecule has 0 aromatic heterocycles. The summed E-state index contributed by atoms with van der Waals surface area (Å²) in [6.07, 6.45) is 0.0708. The molecule has 0 atom stereocenters. The number of para-hydroxylation sites is 1. The monoisotopic (exact) mass is 302 g/mol. The standard InChI is InChI=1S/C17H18O3S/c1-13-4-2-3-5-16(13)20-10-11-21-15-8-6-14(7-9-15)12-17(18)19/h2-9H,10-12H2,1H3,(H,18,19). The predicted octanol–water partition coefficient (Wildman–Crippen LogP) is 3.79. The van der Waals surface area contributed by atoms with Crippen LogP contribution < -0.4 is 4.74 Å². The highest BCUT2D eigenvalue weighted by Gasteiger charge is 2.01. The van der Waals surface area contributed by atoms with Crippen molar-refractivity contribution in [3.8, 4) is 5.75 Å². The third kappa shape index (κ3) is 5.16. The highest BCUT2D eigenvalue weighted by Crippen LogP contribution is 2.20. The molecule has 0 unspecified atom stereocenters. The van der Waals surface area contributed by atoms with E-state index < -0.39 is 5.97 Å². The Morgan fingerprint density at radius 3 is 2.52 bits per heavy atom. The molecule has 21 heavy (non-hydrogen) atoms. The number of benzene rings is 2. The van der Waals surface area contributed by atoms with Gasteiger partial charge in [-0.1, -0.05) is 30.3 Å². The number of ether oxygens (including phenoxy) is 1. The van der Waals surface area contributed by atoms with Gasteiger partial charge in [0.1, 0.15) is 5.75 Å². The van der Waals surface area contributed by atoms with Crippen molar-refractivity contribution in [2.24, 2.45) is 0 Å². The smallest absolute Gasteiger partial charge is 0.307 e. The molecule has 0 saturated carbocycles. The Morgan fingerprint density at radius 2 is 1.86 bits per heavy atom. The maximum atomic E-state index is 10.6. The number of aryl methyl sites for hydroxylation is 1. The van der Waals surface area contributed by atoms with Gasteiger partial charge in [0, 0.05) is 10.6 Å². The van der Waals surface area contributed by atoms with E-state index in [1.54, 1.807) is 11.8 Å². The second-order valence-corrected chi connectivity index (χ2v) is 5.85. The molecule has 110 valence electrons. The normalized spacial score (nSPS) is 10.3. The van der Waals surface area contributed by atoms with E-state index in [0.29, 0.717) is 6.61 Å². The molecule has 2 aromatic carbocycles. The van der Waals surface area contributed by atoms with E-state index in [-0.39, 0.29) is 6.42 Å². The molecule has 0 heterocycles. The molecule has 0 fully saturated rings. The van der Waals surface area contributed by atoms with E-state index in [1.807, 2.05) is 55.5 Å². The Kier molecular flexibility index (Phi) is 5.69. The minimum atomic E-state index is -0.804. The van der Waals surface area contributed by atoms with E-state index >= 15 is 0 Å². The quantitative estimate of drug-likeness (QED) is 0.624. The number of hydrogen-bond donors (Lipinski definition) is 1. The van der Waals surface area contributed by atoms with Crippen molar-refractivity contribution in [1.82, 2.24) is 0 Å². The Bertz CT molecular complexity index is 593. The second-order valence-electron chi connectivity index (χ2n) is 4.68. The van der Waals surface area contributed by atoms with Crippen molar-refractivity contribution in [2.75, 3.05) is 12.4 Å². The molecule has 0 saturated heterocycles. The third-order valence-electron chi connectivity index (χ3n) is 2.98. The first-order valence-electron chi connectivity index (χ1n) is 6.77. The number of thioether (sulfide) groups is 1. The van der Waals surface area contributed by atoms with Crippen LogP contribution in [0.5, 0.6) is 5.75 Å². The van der Waals surface area contributed by atoms with Crippen molar-refractivity contribution in [3.05, 3.63) is 59.7 Å². The van der Waals surface area contributed by atoms with Gasteiger partial charge in [0.25, 0.3) is 0 Å². The van der Waals surface area contributed by atoms with Crippen molar-refractivity contribution in [2.45, 2.75) is 18.2 Å².